The minimum atomic E-state index is -2.05. The molecule has 0 amide bonds. The van der Waals surface area contributed by atoms with Crippen LogP contribution in [0.15, 0.2) is 22.6 Å². The maximum absolute atomic E-state index is 12.4. The normalized spacial score (nSPS) is 18.6. The molecule has 0 aromatic heterocycles. The number of benzene rings is 1. The number of nitrogens with zero attached hydrogens (tertiary/aromatic N) is 1. The summed E-state index contributed by atoms with van der Waals surface area (Å²) in [7, 11) is -0.487. The van der Waals surface area contributed by atoms with Crippen molar-refractivity contribution in [2.45, 2.75) is 19.3 Å². The molecule has 4 nitrogen and oxygen atoms in total. The van der Waals surface area contributed by atoms with Gasteiger partial charge in [-0.2, -0.15) is 4.36 Å². The lowest BCUT2D eigenvalue weighted by atomic mass is 10.2. The first-order chi connectivity index (χ1) is 8.13. The van der Waals surface area contributed by atoms with Gasteiger partial charge in [0.15, 0.2) is 0 Å². The molecule has 5 heteroatoms. The van der Waals surface area contributed by atoms with E-state index in [-0.39, 0.29) is 0 Å². The van der Waals surface area contributed by atoms with Gasteiger partial charge in [0.05, 0.1) is 28.2 Å². The molecular weight excluding hydrogens is 236 g/mol. The molecule has 1 aromatic rings. The molecule has 0 bridgehead atoms. The predicted octanol–water partition coefficient (Wildman–Crippen LogP) is 2.56. The number of rotatable bonds is 2. The molecule has 1 saturated heterocycles. The standard InChI is InChI=1S/C12H18N2O2S/c1-16-12-9-10(5-6-11(12)13)14-17(15)7-3-2-4-8-17/h5-6,9H,2-4,7-8,13H2,1H3. The number of nitrogen functional groups attached to an aromatic ring is 1. The number of anilines is 1. The van der Waals surface area contributed by atoms with Crippen molar-refractivity contribution in [3.63, 3.8) is 0 Å². The lowest BCUT2D eigenvalue weighted by Crippen LogP contribution is -2.15. The van der Waals surface area contributed by atoms with Crippen molar-refractivity contribution in [3.8, 4) is 5.75 Å². The van der Waals surface area contributed by atoms with Gasteiger partial charge in [-0.1, -0.05) is 6.42 Å². The Morgan fingerprint density at radius 2 is 2.00 bits per heavy atom. The van der Waals surface area contributed by atoms with Gasteiger partial charge < -0.3 is 10.5 Å². The van der Waals surface area contributed by atoms with Crippen LogP contribution in [0.25, 0.3) is 0 Å². The van der Waals surface area contributed by atoms with E-state index in [1.165, 1.54) is 0 Å². The molecule has 1 aliphatic heterocycles. The zero-order valence-corrected chi connectivity index (χ0v) is 10.8. The quantitative estimate of drug-likeness (QED) is 0.825. The smallest absolute Gasteiger partial charge is 0.143 e. The maximum atomic E-state index is 12.4. The molecule has 1 aliphatic rings. The van der Waals surface area contributed by atoms with Crippen molar-refractivity contribution in [1.29, 1.82) is 0 Å². The second kappa shape index (κ2) is 4.96. The van der Waals surface area contributed by atoms with Crippen LogP contribution in [0.2, 0.25) is 0 Å². The Morgan fingerprint density at radius 1 is 1.29 bits per heavy atom. The van der Waals surface area contributed by atoms with Crippen LogP contribution >= 0.6 is 0 Å². The fourth-order valence-corrected chi connectivity index (χ4v) is 4.17. The molecule has 0 spiro atoms. The van der Waals surface area contributed by atoms with Crippen LogP contribution in [0.1, 0.15) is 19.3 Å². The van der Waals surface area contributed by atoms with Gasteiger partial charge in [-0.05, 0) is 25.0 Å². The number of hydrogen-bond acceptors (Lipinski definition) is 4. The van der Waals surface area contributed by atoms with E-state index in [1.807, 2.05) is 0 Å². The molecule has 0 aliphatic carbocycles. The van der Waals surface area contributed by atoms with Crippen LogP contribution in [-0.4, -0.2) is 22.8 Å². The SMILES string of the molecule is COc1cc(N=S2(=O)CCCCC2)ccc1N. The van der Waals surface area contributed by atoms with E-state index in [2.05, 4.69) is 4.36 Å². The average molecular weight is 254 g/mol. The van der Waals surface area contributed by atoms with Crippen LogP contribution in [0, 0.1) is 0 Å². The van der Waals surface area contributed by atoms with E-state index in [1.54, 1.807) is 25.3 Å². The molecule has 0 saturated carbocycles. The molecule has 94 valence electrons. The van der Waals surface area contributed by atoms with Crippen molar-refractivity contribution in [2.24, 2.45) is 4.36 Å². The Kier molecular flexibility index (Phi) is 3.57. The largest absolute Gasteiger partial charge is 0.495 e. The van der Waals surface area contributed by atoms with Gasteiger partial charge in [0, 0.05) is 17.6 Å². The molecule has 1 heterocycles. The molecule has 2 N–H and O–H groups in total. The van der Waals surface area contributed by atoms with Crippen LogP contribution in [0.5, 0.6) is 5.75 Å². The predicted molar refractivity (Wildman–Crippen MR) is 71.2 cm³/mol. The zero-order chi connectivity index (χ0) is 12.3. The van der Waals surface area contributed by atoms with Crippen LogP contribution in [0.3, 0.4) is 0 Å². The summed E-state index contributed by atoms with van der Waals surface area (Å²) in [5.74, 6) is 2.00. The summed E-state index contributed by atoms with van der Waals surface area (Å²) in [5.41, 5.74) is 7.00. The monoisotopic (exact) mass is 254 g/mol. The van der Waals surface area contributed by atoms with Crippen molar-refractivity contribution in [1.82, 2.24) is 0 Å². The van der Waals surface area contributed by atoms with E-state index in [0.717, 1.165) is 19.3 Å². The van der Waals surface area contributed by atoms with Gasteiger partial charge in [0.1, 0.15) is 5.75 Å². The van der Waals surface area contributed by atoms with E-state index < -0.39 is 9.73 Å². The molecule has 1 aromatic carbocycles. The lowest BCUT2D eigenvalue weighted by Gasteiger charge is -2.15. The van der Waals surface area contributed by atoms with Crippen molar-refractivity contribution in [3.05, 3.63) is 18.2 Å². The third-order valence-corrected chi connectivity index (χ3v) is 5.31. The van der Waals surface area contributed by atoms with Gasteiger partial charge in [-0.15, -0.1) is 0 Å². The molecule has 0 atom stereocenters. The summed E-state index contributed by atoms with van der Waals surface area (Å²) < 4.78 is 21.9. The third kappa shape index (κ3) is 2.91. The molecule has 17 heavy (non-hydrogen) atoms. The molecule has 1 fully saturated rings. The van der Waals surface area contributed by atoms with Gasteiger partial charge in [-0.25, -0.2) is 4.21 Å². The molecule has 0 radical (unpaired) electrons. The minimum absolute atomic E-state index is 0.574. The summed E-state index contributed by atoms with van der Waals surface area (Å²) >= 11 is 0. The molecule has 2 rings (SSSR count). The fraction of sp³-hybridized carbons (Fsp3) is 0.500. The summed E-state index contributed by atoms with van der Waals surface area (Å²) in [4.78, 5) is 0. The first-order valence-corrected chi connectivity index (χ1v) is 7.64. The minimum Gasteiger partial charge on any atom is -0.495 e. The number of nitrogens with two attached hydrogens (primary N) is 1. The topological polar surface area (TPSA) is 64.7 Å². The Labute approximate surface area is 102 Å². The lowest BCUT2D eigenvalue weighted by molar-refractivity contribution is 0.417. The van der Waals surface area contributed by atoms with Gasteiger partial charge in [-0.3, -0.25) is 0 Å². The van der Waals surface area contributed by atoms with Crippen molar-refractivity contribution < 1.29 is 8.95 Å². The second-order valence-electron chi connectivity index (χ2n) is 4.26. The van der Waals surface area contributed by atoms with Crippen LogP contribution in [-0.2, 0) is 9.73 Å². The Morgan fingerprint density at radius 3 is 2.65 bits per heavy atom. The third-order valence-electron chi connectivity index (χ3n) is 2.92. The zero-order valence-electron chi connectivity index (χ0n) is 10.0. The summed E-state index contributed by atoms with van der Waals surface area (Å²) in [6, 6.07) is 5.28. The molecule has 0 unspecified atom stereocenters. The number of ether oxygens (including phenoxy) is 1. The first kappa shape index (κ1) is 12.2. The van der Waals surface area contributed by atoms with Crippen LogP contribution < -0.4 is 10.5 Å². The van der Waals surface area contributed by atoms with Crippen LogP contribution in [0.4, 0.5) is 11.4 Å². The number of methoxy groups -OCH3 is 1. The fourth-order valence-electron chi connectivity index (χ4n) is 1.97. The maximum Gasteiger partial charge on any atom is 0.143 e. The van der Waals surface area contributed by atoms with E-state index in [4.69, 9.17) is 10.5 Å². The average Bonchev–Trinajstić information content (AvgIpc) is 2.32. The Hall–Kier alpha value is -1.23. The van der Waals surface area contributed by atoms with E-state index in [9.17, 15) is 4.21 Å². The van der Waals surface area contributed by atoms with E-state index in [0.29, 0.717) is 28.6 Å². The van der Waals surface area contributed by atoms with Crippen molar-refractivity contribution >= 4 is 21.1 Å². The highest BCUT2D eigenvalue weighted by Gasteiger charge is 2.14. The van der Waals surface area contributed by atoms with E-state index >= 15 is 0 Å². The highest BCUT2D eigenvalue weighted by atomic mass is 32.2. The molecular formula is C12H18N2O2S. The van der Waals surface area contributed by atoms with Crippen molar-refractivity contribution in [2.75, 3.05) is 24.3 Å². The summed E-state index contributed by atoms with van der Waals surface area (Å²) in [5, 5.41) is 0. The second-order valence-corrected chi connectivity index (χ2v) is 6.80. The highest BCUT2D eigenvalue weighted by Crippen LogP contribution is 2.28. The first-order valence-electron chi connectivity index (χ1n) is 5.79. The summed E-state index contributed by atoms with van der Waals surface area (Å²) in [6.07, 6.45) is 3.18. The Bertz CT molecular complexity index is 507. The number of hydrogen-bond donors (Lipinski definition) is 1. The Balaban J connectivity index is 2.34. The highest BCUT2D eigenvalue weighted by molar-refractivity contribution is 7.93. The van der Waals surface area contributed by atoms with Gasteiger partial charge >= 0.3 is 0 Å². The summed E-state index contributed by atoms with van der Waals surface area (Å²) in [6.45, 7) is 0. The van der Waals surface area contributed by atoms with Gasteiger partial charge in [0.25, 0.3) is 0 Å². The van der Waals surface area contributed by atoms with Gasteiger partial charge in [0.2, 0.25) is 0 Å².